The van der Waals surface area contributed by atoms with Crippen LogP contribution in [-0.2, 0) is 34.0 Å². The summed E-state index contributed by atoms with van der Waals surface area (Å²) in [5.74, 6) is 0.109. The van der Waals surface area contributed by atoms with Gasteiger partial charge in [-0.1, -0.05) is 19.1 Å². The molecule has 4 rings (SSSR count). The fourth-order valence-corrected chi connectivity index (χ4v) is 4.92. The first-order chi connectivity index (χ1) is 13.0. The Bertz CT molecular complexity index is 1110. The van der Waals surface area contributed by atoms with Crippen molar-refractivity contribution in [2.75, 3.05) is 5.75 Å². The molecule has 1 aromatic heterocycles. The third-order valence-electron chi connectivity index (χ3n) is 5.50. The standard InChI is InChI=1S/C22H22NO3S/c1-2-27(25,26)18-10-7-16(8-11-18)14-23-21-6-4-3-5-19(21)20-13-17(15-24)9-12-22(20)23/h7-13H,2-6,14H2,1H3. The molecule has 4 nitrogen and oxygen atoms in total. The minimum Gasteiger partial charge on any atom is -0.340 e. The number of fused-ring (bicyclic) bond motifs is 3. The van der Waals surface area contributed by atoms with Crippen molar-refractivity contribution >= 4 is 27.0 Å². The van der Waals surface area contributed by atoms with E-state index in [2.05, 4.69) is 4.57 Å². The molecule has 3 aromatic rings. The molecule has 27 heavy (non-hydrogen) atoms. The highest BCUT2D eigenvalue weighted by Gasteiger charge is 2.20. The lowest BCUT2D eigenvalue weighted by molar-refractivity contribution is 0.563. The molecule has 0 bridgehead atoms. The van der Waals surface area contributed by atoms with E-state index in [4.69, 9.17) is 0 Å². The molecule has 0 saturated heterocycles. The van der Waals surface area contributed by atoms with Crippen LogP contribution in [-0.4, -0.2) is 25.0 Å². The van der Waals surface area contributed by atoms with Crippen LogP contribution in [0.2, 0.25) is 0 Å². The molecular weight excluding hydrogens is 358 g/mol. The summed E-state index contributed by atoms with van der Waals surface area (Å²) in [6, 6.07) is 13.0. The van der Waals surface area contributed by atoms with E-state index in [1.54, 1.807) is 19.1 Å². The second-order valence-corrected chi connectivity index (χ2v) is 9.38. The van der Waals surface area contributed by atoms with Crippen LogP contribution >= 0.6 is 0 Å². The predicted octanol–water partition coefficient (Wildman–Crippen LogP) is 3.82. The number of hydrogen-bond donors (Lipinski definition) is 0. The molecule has 0 unspecified atom stereocenters. The van der Waals surface area contributed by atoms with Crippen LogP contribution in [0, 0.1) is 0 Å². The Balaban J connectivity index is 1.77. The summed E-state index contributed by atoms with van der Waals surface area (Å²) < 4.78 is 26.4. The second kappa shape index (κ2) is 6.97. The number of aromatic nitrogens is 1. The van der Waals surface area contributed by atoms with Crippen LogP contribution in [0.5, 0.6) is 0 Å². The maximum Gasteiger partial charge on any atom is 0.233 e. The predicted molar refractivity (Wildman–Crippen MR) is 107 cm³/mol. The molecule has 139 valence electrons. The minimum atomic E-state index is -3.18. The molecule has 0 fully saturated rings. The normalized spacial score (nSPS) is 14.3. The van der Waals surface area contributed by atoms with Gasteiger partial charge in [0, 0.05) is 28.7 Å². The van der Waals surface area contributed by atoms with Crippen molar-refractivity contribution in [1.82, 2.24) is 4.57 Å². The molecule has 0 saturated carbocycles. The van der Waals surface area contributed by atoms with Crippen molar-refractivity contribution in [2.45, 2.75) is 44.0 Å². The summed E-state index contributed by atoms with van der Waals surface area (Å²) in [4.78, 5) is 11.4. The van der Waals surface area contributed by atoms with Crippen molar-refractivity contribution in [2.24, 2.45) is 0 Å². The lowest BCUT2D eigenvalue weighted by Gasteiger charge is -2.16. The molecule has 0 amide bonds. The second-order valence-electron chi connectivity index (χ2n) is 7.10. The number of carbonyl (C=O) groups excluding carboxylic acids is 1. The van der Waals surface area contributed by atoms with Crippen LogP contribution in [0.1, 0.15) is 42.1 Å². The first kappa shape index (κ1) is 18.0. The Morgan fingerprint density at radius 3 is 2.48 bits per heavy atom. The van der Waals surface area contributed by atoms with Gasteiger partial charge in [0.15, 0.2) is 9.84 Å². The molecule has 1 heterocycles. The van der Waals surface area contributed by atoms with E-state index in [1.807, 2.05) is 36.6 Å². The summed E-state index contributed by atoms with van der Waals surface area (Å²) in [5, 5.41) is 1.15. The number of aryl methyl sites for hydroxylation is 1. The first-order valence-electron chi connectivity index (χ1n) is 9.37. The van der Waals surface area contributed by atoms with E-state index in [-0.39, 0.29) is 5.75 Å². The van der Waals surface area contributed by atoms with Gasteiger partial charge in [-0.3, -0.25) is 4.79 Å². The summed E-state index contributed by atoms with van der Waals surface area (Å²) >= 11 is 0. The number of hydrogen-bond acceptors (Lipinski definition) is 3. The topological polar surface area (TPSA) is 56.1 Å². The molecule has 0 spiro atoms. The zero-order valence-corrected chi connectivity index (χ0v) is 16.2. The van der Waals surface area contributed by atoms with Crippen molar-refractivity contribution in [1.29, 1.82) is 0 Å². The van der Waals surface area contributed by atoms with Crippen LogP contribution in [0.4, 0.5) is 0 Å². The monoisotopic (exact) mass is 380 g/mol. The van der Waals surface area contributed by atoms with Crippen molar-refractivity contribution in [3.8, 4) is 0 Å². The third-order valence-corrected chi connectivity index (χ3v) is 7.25. The van der Waals surface area contributed by atoms with Crippen LogP contribution < -0.4 is 0 Å². The summed E-state index contributed by atoms with van der Waals surface area (Å²) in [6.07, 6.45) is 6.41. The molecule has 1 radical (unpaired) electrons. The van der Waals surface area contributed by atoms with Crippen molar-refractivity contribution in [3.05, 3.63) is 64.8 Å². The average molecular weight is 380 g/mol. The van der Waals surface area contributed by atoms with Crippen molar-refractivity contribution in [3.63, 3.8) is 0 Å². The highest BCUT2D eigenvalue weighted by atomic mass is 32.2. The lowest BCUT2D eigenvalue weighted by Crippen LogP contribution is -2.09. The Morgan fingerprint density at radius 2 is 1.78 bits per heavy atom. The quantitative estimate of drug-likeness (QED) is 0.676. The summed E-state index contributed by atoms with van der Waals surface area (Å²) in [5.41, 5.74) is 5.47. The molecular formula is C22H22NO3S. The molecule has 0 aliphatic heterocycles. The largest absolute Gasteiger partial charge is 0.340 e. The number of sulfone groups is 1. The van der Waals surface area contributed by atoms with Gasteiger partial charge >= 0.3 is 0 Å². The van der Waals surface area contributed by atoms with Crippen molar-refractivity contribution < 1.29 is 13.2 Å². The van der Waals surface area contributed by atoms with E-state index in [0.29, 0.717) is 17.0 Å². The molecule has 0 N–H and O–H groups in total. The molecule has 5 heteroatoms. The summed E-state index contributed by atoms with van der Waals surface area (Å²) in [6.45, 7) is 2.36. The lowest BCUT2D eigenvalue weighted by atomic mass is 9.95. The Labute approximate surface area is 159 Å². The van der Waals surface area contributed by atoms with Gasteiger partial charge in [0.25, 0.3) is 0 Å². The van der Waals surface area contributed by atoms with Crippen LogP contribution in [0.25, 0.3) is 10.9 Å². The van der Waals surface area contributed by atoms with Crippen LogP contribution in [0.3, 0.4) is 0 Å². The van der Waals surface area contributed by atoms with Gasteiger partial charge in [0.05, 0.1) is 10.6 Å². The van der Waals surface area contributed by atoms with Gasteiger partial charge in [0.1, 0.15) is 0 Å². The number of nitrogens with zero attached hydrogens (tertiary/aromatic N) is 1. The number of rotatable bonds is 5. The fraction of sp³-hybridized carbons (Fsp3) is 0.318. The SMILES string of the molecule is CCS(=O)(=O)c1ccc(Cn2c3c(c4cc([C]=O)ccc42)CCCC3)cc1. The van der Waals surface area contributed by atoms with Gasteiger partial charge < -0.3 is 4.57 Å². The number of benzene rings is 2. The molecule has 1 aliphatic carbocycles. The maximum absolute atomic E-state index is 12.0. The van der Waals surface area contributed by atoms with Gasteiger partial charge in [-0.15, -0.1) is 0 Å². The van der Waals surface area contributed by atoms with Crippen LogP contribution in [0.15, 0.2) is 47.4 Å². The van der Waals surface area contributed by atoms with E-state index < -0.39 is 9.84 Å². The minimum absolute atomic E-state index is 0.109. The molecule has 2 aromatic carbocycles. The Kier molecular flexibility index (Phi) is 4.64. The Morgan fingerprint density at radius 1 is 1.04 bits per heavy atom. The zero-order valence-electron chi connectivity index (χ0n) is 15.4. The third kappa shape index (κ3) is 3.21. The maximum atomic E-state index is 12.0. The summed E-state index contributed by atoms with van der Waals surface area (Å²) in [7, 11) is -3.18. The van der Waals surface area contributed by atoms with E-state index in [9.17, 15) is 13.2 Å². The molecule has 1 aliphatic rings. The fourth-order valence-electron chi connectivity index (χ4n) is 4.03. The Hall–Kier alpha value is -2.40. The van der Waals surface area contributed by atoms with E-state index >= 15 is 0 Å². The molecule has 0 atom stereocenters. The van der Waals surface area contributed by atoms with E-state index in [0.717, 1.165) is 29.3 Å². The highest BCUT2D eigenvalue weighted by Crippen LogP contribution is 2.33. The van der Waals surface area contributed by atoms with Gasteiger partial charge in [-0.05, 0) is 67.1 Å². The smallest absolute Gasteiger partial charge is 0.233 e. The van der Waals surface area contributed by atoms with Gasteiger partial charge in [0.2, 0.25) is 6.29 Å². The van der Waals surface area contributed by atoms with Gasteiger partial charge in [-0.25, -0.2) is 8.42 Å². The average Bonchev–Trinajstić information content (AvgIpc) is 3.01. The highest BCUT2D eigenvalue weighted by molar-refractivity contribution is 7.91. The van der Waals surface area contributed by atoms with Gasteiger partial charge in [-0.2, -0.15) is 0 Å². The zero-order chi connectivity index (χ0) is 19.0. The van der Waals surface area contributed by atoms with E-state index in [1.165, 1.54) is 24.1 Å². The first-order valence-corrected chi connectivity index (χ1v) is 11.0.